The van der Waals surface area contributed by atoms with Crippen LogP contribution in [0.4, 0.5) is 0 Å². The van der Waals surface area contributed by atoms with Gasteiger partial charge < -0.3 is 15.2 Å². The van der Waals surface area contributed by atoms with Gasteiger partial charge in [0.1, 0.15) is 11.5 Å². The Balaban J connectivity index is 2.14. The van der Waals surface area contributed by atoms with Gasteiger partial charge in [0.25, 0.3) is 0 Å². The second kappa shape index (κ2) is 7.14. The van der Waals surface area contributed by atoms with Gasteiger partial charge in [-0.15, -0.1) is 0 Å². The van der Waals surface area contributed by atoms with Crippen molar-refractivity contribution in [2.24, 2.45) is 5.73 Å². The number of hydrogen-bond acceptors (Lipinski definition) is 3. The fourth-order valence-electron chi connectivity index (χ4n) is 2.37. The molecule has 0 saturated heterocycles. The third kappa shape index (κ3) is 4.50. The normalized spacial score (nSPS) is 12.0. The van der Waals surface area contributed by atoms with E-state index in [4.69, 9.17) is 15.2 Å². The molecule has 2 N–H and O–H groups in total. The molecule has 0 heterocycles. The van der Waals surface area contributed by atoms with Crippen LogP contribution in [0.5, 0.6) is 11.5 Å². The van der Waals surface area contributed by atoms with Crippen LogP contribution in [0, 0.1) is 0 Å². The Hall–Kier alpha value is -2.00. The van der Waals surface area contributed by atoms with Crippen molar-refractivity contribution in [2.75, 3.05) is 14.2 Å². The predicted molar refractivity (Wildman–Crippen MR) is 86.1 cm³/mol. The monoisotopic (exact) mass is 285 g/mol. The molecule has 0 bridgehead atoms. The molecule has 1 atom stereocenters. The van der Waals surface area contributed by atoms with Gasteiger partial charge in [-0.05, 0) is 48.6 Å². The molecule has 0 unspecified atom stereocenters. The SMILES string of the molecule is COc1cc(Cc2ccc(C[C@@H](C)N)cc2)cc(OC)c1. The fourth-order valence-corrected chi connectivity index (χ4v) is 2.37. The quantitative estimate of drug-likeness (QED) is 0.886. The minimum atomic E-state index is 0.193. The summed E-state index contributed by atoms with van der Waals surface area (Å²) in [6.45, 7) is 2.02. The molecule has 112 valence electrons. The molecule has 2 aromatic carbocycles. The molecule has 2 aromatic rings. The summed E-state index contributed by atoms with van der Waals surface area (Å²) >= 11 is 0. The van der Waals surface area contributed by atoms with Crippen LogP contribution in [0.1, 0.15) is 23.6 Å². The lowest BCUT2D eigenvalue weighted by Gasteiger charge is -2.10. The van der Waals surface area contributed by atoms with Gasteiger partial charge in [0.05, 0.1) is 14.2 Å². The second-order valence-corrected chi connectivity index (χ2v) is 5.40. The lowest BCUT2D eigenvalue weighted by molar-refractivity contribution is 0.393. The van der Waals surface area contributed by atoms with E-state index >= 15 is 0 Å². The highest BCUT2D eigenvalue weighted by atomic mass is 16.5. The largest absolute Gasteiger partial charge is 0.497 e. The van der Waals surface area contributed by atoms with Gasteiger partial charge in [0.15, 0.2) is 0 Å². The minimum Gasteiger partial charge on any atom is -0.497 e. The molecule has 3 heteroatoms. The Labute approximate surface area is 126 Å². The maximum Gasteiger partial charge on any atom is 0.122 e. The smallest absolute Gasteiger partial charge is 0.122 e. The maximum atomic E-state index is 5.82. The summed E-state index contributed by atoms with van der Waals surface area (Å²) in [7, 11) is 3.34. The zero-order valence-electron chi connectivity index (χ0n) is 12.9. The first kappa shape index (κ1) is 15.4. The van der Waals surface area contributed by atoms with E-state index in [0.29, 0.717) is 0 Å². The zero-order valence-corrected chi connectivity index (χ0v) is 12.9. The lowest BCUT2D eigenvalue weighted by atomic mass is 10.0. The molecule has 0 aromatic heterocycles. The molecule has 0 aliphatic rings. The summed E-state index contributed by atoms with van der Waals surface area (Å²) in [5.41, 5.74) is 9.53. The third-order valence-electron chi connectivity index (χ3n) is 3.40. The van der Waals surface area contributed by atoms with Crippen LogP contribution in [-0.2, 0) is 12.8 Å². The Morgan fingerprint density at radius 1 is 0.857 bits per heavy atom. The first-order chi connectivity index (χ1) is 10.1. The van der Waals surface area contributed by atoms with Crippen LogP contribution >= 0.6 is 0 Å². The highest BCUT2D eigenvalue weighted by Gasteiger charge is 2.04. The van der Waals surface area contributed by atoms with Gasteiger partial charge in [0.2, 0.25) is 0 Å². The van der Waals surface area contributed by atoms with Gasteiger partial charge in [-0.2, -0.15) is 0 Å². The Kier molecular flexibility index (Phi) is 5.23. The number of methoxy groups -OCH3 is 2. The van der Waals surface area contributed by atoms with Crippen molar-refractivity contribution in [1.29, 1.82) is 0 Å². The molecule has 2 rings (SSSR count). The van der Waals surface area contributed by atoms with Crippen molar-refractivity contribution in [1.82, 2.24) is 0 Å². The van der Waals surface area contributed by atoms with E-state index in [0.717, 1.165) is 24.3 Å². The van der Waals surface area contributed by atoms with Crippen molar-refractivity contribution in [3.8, 4) is 11.5 Å². The Bertz CT molecular complexity index is 554. The van der Waals surface area contributed by atoms with E-state index in [2.05, 4.69) is 24.3 Å². The molecule has 0 saturated carbocycles. The topological polar surface area (TPSA) is 44.5 Å². The average Bonchev–Trinajstić information content (AvgIpc) is 2.48. The van der Waals surface area contributed by atoms with Crippen LogP contribution in [-0.4, -0.2) is 20.3 Å². The maximum absolute atomic E-state index is 5.82. The van der Waals surface area contributed by atoms with Gasteiger partial charge in [-0.3, -0.25) is 0 Å². The number of hydrogen-bond donors (Lipinski definition) is 1. The standard InChI is InChI=1S/C18H23NO2/c1-13(19)8-14-4-6-15(7-5-14)9-16-10-17(20-2)12-18(11-16)21-3/h4-7,10-13H,8-9,19H2,1-3H3/t13-/m1/s1. The minimum absolute atomic E-state index is 0.193. The van der Waals surface area contributed by atoms with Crippen LogP contribution in [0.25, 0.3) is 0 Å². The number of rotatable bonds is 6. The fraction of sp³-hybridized carbons (Fsp3) is 0.333. The first-order valence-electron chi connectivity index (χ1n) is 7.16. The molecule has 0 spiro atoms. The molecule has 0 aliphatic carbocycles. The van der Waals surface area contributed by atoms with E-state index in [1.807, 2.05) is 25.1 Å². The summed E-state index contributed by atoms with van der Waals surface area (Å²) in [6.07, 6.45) is 1.76. The Morgan fingerprint density at radius 2 is 1.38 bits per heavy atom. The molecule has 3 nitrogen and oxygen atoms in total. The molecule has 0 radical (unpaired) electrons. The summed E-state index contributed by atoms with van der Waals surface area (Å²) in [5, 5.41) is 0. The van der Waals surface area contributed by atoms with E-state index < -0.39 is 0 Å². The highest BCUT2D eigenvalue weighted by molar-refractivity contribution is 5.40. The van der Waals surface area contributed by atoms with Crippen molar-refractivity contribution in [3.63, 3.8) is 0 Å². The molecular formula is C18H23NO2. The van der Waals surface area contributed by atoms with Gasteiger partial charge in [-0.25, -0.2) is 0 Å². The van der Waals surface area contributed by atoms with E-state index in [-0.39, 0.29) is 6.04 Å². The van der Waals surface area contributed by atoms with Crippen LogP contribution < -0.4 is 15.2 Å². The van der Waals surface area contributed by atoms with E-state index in [9.17, 15) is 0 Å². The third-order valence-corrected chi connectivity index (χ3v) is 3.40. The van der Waals surface area contributed by atoms with Crippen molar-refractivity contribution >= 4 is 0 Å². The number of nitrogens with two attached hydrogens (primary N) is 1. The van der Waals surface area contributed by atoms with Gasteiger partial charge in [-0.1, -0.05) is 24.3 Å². The van der Waals surface area contributed by atoms with Crippen molar-refractivity contribution < 1.29 is 9.47 Å². The molecule has 0 fully saturated rings. The first-order valence-corrected chi connectivity index (χ1v) is 7.16. The molecular weight excluding hydrogens is 262 g/mol. The average molecular weight is 285 g/mol. The van der Waals surface area contributed by atoms with Crippen LogP contribution in [0.15, 0.2) is 42.5 Å². The van der Waals surface area contributed by atoms with E-state index in [1.54, 1.807) is 14.2 Å². The van der Waals surface area contributed by atoms with Gasteiger partial charge >= 0.3 is 0 Å². The van der Waals surface area contributed by atoms with E-state index in [1.165, 1.54) is 16.7 Å². The summed E-state index contributed by atoms with van der Waals surface area (Å²) in [5.74, 6) is 1.64. The van der Waals surface area contributed by atoms with Crippen LogP contribution in [0.2, 0.25) is 0 Å². The summed E-state index contributed by atoms with van der Waals surface area (Å²) in [4.78, 5) is 0. The lowest BCUT2D eigenvalue weighted by Crippen LogP contribution is -2.17. The zero-order chi connectivity index (χ0) is 15.2. The second-order valence-electron chi connectivity index (χ2n) is 5.40. The summed E-state index contributed by atoms with van der Waals surface area (Å²) < 4.78 is 10.6. The number of benzene rings is 2. The van der Waals surface area contributed by atoms with Gasteiger partial charge in [0, 0.05) is 12.1 Å². The van der Waals surface area contributed by atoms with Crippen molar-refractivity contribution in [3.05, 3.63) is 59.2 Å². The summed E-state index contributed by atoms with van der Waals surface area (Å²) in [6, 6.07) is 14.8. The van der Waals surface area contributed by atoms with Crippen LogP contribution in [0.3, 0.4) is 0 Å². The molecule has 0 amide bonds. The predicted octanol–water partition coefficient (Wildman–Crippen LogP) is 3.18. The molecule has 0 aliphatic heterocycles. The molecule has 21 heavy (non-hydrogen) atoms. The van der Waals surface area contributed by atoms with Crippen molar-refractivity contribution in [2.45, 2.75) is 25.8 Å². The number of ether oxygens (including phenoxy) is 2. The highest BCUT2D eigenvalue weighted by Crippen LogP contribution is 2.24. The Morgan fingerprint density at radius 3 is 1.86 bits per heavy atom.